The first kappa shape index (κ1) is 16.8. The van der Waals surface area contributed by atoms with Gasteiger partial charge in [0.15, 0.2) is 0 Å². The Morgan fingerprint density at radius 3 is 2.54 bits per heavy atom. The summed E-state index contributed by atoms with van der Waals surface area (Å²) in [5.41, 5.74) is 4.00. The Hall–Kier alpha value is -2.63. The normalized spacial score (nSPS) is 14.8. The first-order chi connectivity index (χ1) is 12.6. The number of fused-ring (bicyclic) bond motifs is 1. The summed E-state index contributed by atoms with van der Waals surface area (Å²) >= 11 is 6.06. The van der Waals surface area contributed by atoms with E-state index in [2.05, 4.69) is 28.0 Å². The Morgan fingerprint density at radius 1 is 1.00 bits per heavy atom. The van der Waals surface area contributed by atoms with E-state index in [-0.39, 0.29) is 5.56 Å². The minimum absolute atomic E-state index is 0.142. The third kappa shape index (κ3) is 3.23. The van der Waals surface area contributed by atoms with Crippen LogP contribution in [0.3, 0.4) is 0 Å². The quantitative estimate of drug-likeness (QED) is 0.696. The van der Waals surface area contributed by atoms with E-state index < -0.39 is 0 Å². The molecule has 1 aromatic heterocycles. The van der Waals surface area contributed by atoms with E-state index in [1.165, 1.54) is 16.3 Å². The highest BCUT2D eigenvalue weighted by Crippen LogP contribution is 2.33. The number of benzene rings is 2. The Bertz CT molecular complexity index is 984. The van der Waals surface area contributed by atoms with E-state index in [0.717, 1.165) is 41.7 Å². The van der Waals surface area contributed by atoms with Crippen LogP contribution in [-0.4, -0.2) is 34.8 Å². The van der Waals surface area contributed by atoms with Gasteiger partial charge in [0.2, 0.25) is 0 Å². The highest BCUT2D eigenvalue weighted by Gasteiger charge is 2.20. The van der Waals surface area contributed by atoms with E-state index in [9.17, 15) is 4.79 Å². The van der Waals surface area contributed by atoms with Crippen molar-refractivity contribution < 1.29 is 0 Å². The summed E-state index contributed by atoms with van der Waals surface area (Å²) in [4.78, 5) is 16.7. The van der Waals surface area contributed by atoms with Gasteiger partial charge in [-0.25, -0.2) is 0 Å². The van der Waals surface area contributed by atoms with Crippen LogP contribution in [0.5, 0.6) is 0 Å². The predicted octanol–water partition coefficient (Wildman–Crippen LogP) is 3.47. The predicted molar refractivity (Wildman–Crippen MR) is 105 cm³/mol. The first-order valence-electron chi connectivity index (χ1n) is 8.51. The number of anilines is 2. The van der Waals surface area contributed by atoms with Gasteiger partial charge in [0, 0.05) is 48.3 Å². The number of rotatable bonds is 2. The molecule has 0 unspecified atom stereocenters. The molecule has 0 aliphatic carbocycles. The van der Waals surface area contributed by atoms with Crippen molar-refractivity contribution >= 4 is 23.0 Å². The summed E-state index contributed by atoms with van der Waals surface area (Å²) < 4.78 is 1.43. The average Bonchev–Trinajstić information content (AvgIpc) is 2.81. The van der Waals surface area contributed by atoms with Crippen molar-refractivity contribution in [2.75, 3.05) is 25.0 Å². The number of hydrogen-bond acceptors (Lipinski definition) is 4. The molecule has 0 N–H and O–H groups in total. The molecule has 132 valence electrons. The molecule has 0 bridgehead atoms. The van der Waals surface area contributed by atoms with Crippen LogP contribution < -0.4 is 10.5 Å². The van der Waals surface area contributed by atoms with Crippen LogP contribution in [-0.2, 0) is 6.54 Å². The fourth-order valence-electron chi connectivity index (χ4n) is 3.27. The Labute approximate surface area is 157 Å². The molecule has 6 heteroatoms. The second-order valence-electron chi connectivity index (χ2n) is 6.45. The lowest BCUT2D eigenvalue weighted by Gasteiger charge is -2.25. The zero-order chi connectivity index (χ0) is 18.1. The second-order valence-corrected chi connectivity index (χ2v) is 6.89. The minimum atomic E-state index is -0.142. The minimum Gasteiger partial charge on any atom is -0.340 e. The topological polar surface area (TPSA) is 41.4 Å². The van der Waals surface area contributed by atoms with Crippen molar-refractivity contribution in [3.63, 3.8) is 0 Å². The molecular weight excluding hydrogens is 348 g/mol. The van der Waals surface area contributed by atoms with E-state index in [0.29, 0.717) is 0 Å². The standard InChI is InChI=1S/C20H19ClN4O/c1-23-11-12-24(17-8-5-16(21)6-9-17)19-13-18(7-4-15(19)14-23)25-20(26)3-2-10-22-25/h2-10,13H,11-12,14H2,1H3. The zero-order valence-electron chi connectivity index (χ0n) is 14.5. The number of likely N-dealkylation sites (N-methyl/N-ethyl adjacent to an activating group) is 1. The van der Waals surface area contributed by atoms with Gasteiger partial charge in [0.25, 0.3) is 5.56 Å². The molecule has 3 aromatic rings. The van der Waals surface area contributed by atoms with Gasteiger partial charge in [-0.15, -0.1) is 0 Å². The van der Waals surface area contributed by atoms with Crippen LogP contribution in [0.15, 0.2) is 65.6 Å². The highest BCUT2D eigenvalue weighted by atomic mass is 35.5. The van der Waals surface area contributed by atoms with Gasteiger partial charge >= 0.3 is 0 Å². The summed E-state index contributed by atoms with van der Waals surface area (Å²) in [6.07, 6.45) is 1.62. The lowest BCUT2D eigenvalue weighted by molar-refractivity contribution is 0.343. The van der Waals surface area contributed by atoms with Gasteiger partial charge in [0.05, 0.1) is 5.69 Å². The van der Waals surface area contributed by atoms with E-state index in [4.69, 9.17) is 11.6 Å². The molecule has 0 saturated carbocycles. The van der Waals surface area contributed by atoms with Crippen LogP contribution in [0, 0.1) is 0 Å². The lowest BCUT2D eigenvalue weighted by atomic mass is 10.1. The Balaban J connectivity index is 1.85. The molecule has 2 aromatic carbocycles. The number of hydrogen-bond donors (Lipinski definition) is 0. The van der Waals surface area contributed by atoms with Crippen LogP contribution in [0.25, 0.3) is 5.69 Å². The number of nitrogens with zero attached hydrogens (tertiary/aromatic N) is 4. The molecule has 1 aliphatic rings. The summed E-state index contributed by atoms with van der Waals surface area (Å²) in [6, 6.07) is 17.1. The van der Waals surface area contributed by atoms with E-state index >= 15 is 0 Å². The molecule has 1 aliphatic heterocycles. The zero-order valence-corrected chi connectivity index (χ0v) is 15.2. The molecule has 0 amide bonds. The molecule has 0 saturated heterocycles. The fourth-order valence-corrected chi connectivity index (χ4v) is 3.40. The Morgan fingerprint density at radius 2 is 1.77 bits per heavy atom. The third-order valence-electron chi connectivity index (χ3n) is 4.60. The molecule has 0 fully saturated rings. The number of halogens is 1. The fraction of sp³-hybridized carbons (Fsp3) is 0.200. The van der Waals surface area contributed by atoms with Crippen LogP contribution in [0.2, 0.25) is 5.02 Å². The first-order valence-corrected chi connectivity index (χ1v) is 8.89. The van der Waals surface area contributed by atoms with E-state index in [1.807, 2.05) is 36.4 Å². The second kappa shape index (κ2) is 6.94. The van der Waals surface area contributed by atoms with Gasteiger partial charge in [-0.2, -0.15) is 9.78 Å². The summed E-state index contributed by atoms with van der Waals surface area (Å²) in [5, 5.41) is 4.92. The van der Waals surface area contributed by atoms with Crippen molar-refractivity contribution in [2.24, 2.45) is 0 Å². The summed E-state index contributed by atoms with van der Waals surface area (Å²) in [6.45, 7) is 2.65. The molecule has 2 heterocycles. The monoisotopic (exact) mass is 366 g/mol. The molecule has 0 radical (unpaired) electrons. The third-order valence-corrected chi connectivity index (χ3v) is 4.86. The van der Waals surface area contributed by atoms with E-state index in [1.54, 1.807) is 12.3 Å². The maximum absolute atomic E-state index is 12.2. The summed E-state index contributed by atoms with van der Waals surface area (Å²) in [7, 11) is 2.12. The van der Waals surface area contributed by atoms with Gasteiger partial charge in [-0.3, -0.25) is 4.79 Å². The van der Waals surface area contributed by atoms with Crippen molar-refractivity contribution in [2.45, 2.75) is 6.54 Å². The largest absolute Gasteiger partial charge is 0.340 e. The SMILES string of the molecule is CN1CCN(c2ccc(Cl)cc2)c2cc(-n3ncccc3=O)ccc2C1. The molecule has 5 nitrogen and oxygen atoms in total. The number of aromatic nitrogens is 2. The molecule has 0 spiro atoms. The maximum atomic E-state index is 12.2. The average molecular weight is 367 g/mol. The molecule has 0 atom stereocenters. The van der Waals surface area contributed by atoms with Crippen LogP contribution >= 0.6 is 11.6 Å². The van der Waals surface area contributed by atoms with Crippen LogP contribution in [0.4, 0.5) is 11.4 Å². The lowest BCUT2D eigenvalue weighted by Crippen LogP contribution is -2.26. The van der Waals surface area contributed by atoms with Gasteiger partial charge in [-0.05, 0) is 55.1 Å². The molecule has 26 heavy (non-hydrogen) atoms. The van der Waals surface area contributed by atoms with Crippen molar-refractivity contribution in [1.29, 1.82) is 0 Å². The van der Waals surface area contributed by atoms with Crippen molar-refractivity contribution in [3.05, 3.63) is 81.7 Å². The Kier molecular flexibility index (Phi) is 4.49. The van der Waals surface area contributed by atoms with Crippen molar-refractivity contribution in [3.8, 4) is 5.69 Å². The highest BCUT2D eigenvalue weighted by molar-refractivity contribution is 6.30. The maximum Gasteiger partial charge on any atom is 0.271 e. The van der Waals surface area contributed by atoms with Gasteiger partial charge < -0.3 is 9.80 Å². The molecular formula is C20H19ClN4O. The van der Waals surface area contributed by atoms with Gasteiger partial charge in [0.1, 0.15) is 0 Å². The molecule has 4 rings (SSSR count). The van der Waals surface area contributed by atoms with Crippen LogP contribution in [0.1, 0.15) is 5.56 Å². The smallest absolute Gasteiger partial charge is 0.271 e. The van der Waals surface area contributed by atoms with Gasteiger partial charge in [-0.1, -0.05) is 17.7 Å². The van der Waals surface area contributed by atoms with Crippen molar-refractivity contribution in [1.82, 2.24) is 14.7 Å². The summed E-state index contributed by atoms with van der Waals surface area (Å²) in [5.74, 6) is 0.